The molecule has 1 aromatic rings. The van der Waals surface area contributed by atoms with E-state index in [0.717, 1.165) is 11.6 Å². The largest absolute Gasteiger partial charge is 0.317 e. The molecule has 0 saturated heterocycles. The van der Waals surface area contributed by atoms with Crippen molar-refractivity contribution in [3.05, 3.63) is 34.3 Å². The topological polar surface area (TPSA) is 15.3 Å². The minimum Gasteiger partial charge on any atom is -0.317 e. The van der Waals surface area contributed by atoms with Crippen molar-refractivity contribution in [2.45, 2.75) is 51.2 Å². The van der Waals surface area contributed by atoms with Gasteiger partial charge in [0.2, 0.25) is 0 Å². The third kappa shape index (κ3) is 3.95. The van der Waals surface area contributed by atoms with E-state index in [4.69, 9.17) is 11.6 Å². The number of nitrogens with one attached hydrogen (secondary N) is 1. The second-order valence-corrected chi connectivity index (χ2v) is 6.21. The van der Waals surface area contributed by atoms with E-state index in [1.54, 1.807) is 0 Å². The van der Waals surface area contributed by atoms with Crippen molar-refractivity contribution in [1.82, 2.24) is 10.2 Å². The maximum atomic E-state index is 6.32. The lowest BCUT2D eigenvalue weighted by atomic mass is 9.90. The zero-order valence-corrected chi connectivity index (χ0v) is 13.0. The number of hydrogen-bond acceptors (Lipinski definition) is 2. The van der Waals surface area contributed by atoms with Gasteiger partial charge in [-0.3, -0.25) is 4.90 Å². The van der Waals surface area contributed by atoms with Crippen LogP contribution in [0.2, 0.25) is 5.02 Å². The van der Waals surface area contributed by atoms with Gasteiger partial charge in [0, 0.05) is 23.7 Å². The van der Waals surface area contributed by atoms with Gasteiger partial charge < -0.3 is 5.32 Å². The Hall–Kier alpha value is -0.570. The van der Waals surface area contributed by atoms with Crippen molar-refractivity contribution in [2.75, 3.05) is 14.1 Å². The minimum atomic E-state index is 0.696. The molecule has 1 aliphatic carbocycles. The Labute approximate surface area is 122 Å². The fourth-order valence-corrected chi connectivity index (χ4v) is 3.28. The molecule has 1 N–H and O–H groups in total. The molecule has 1 saturated carbocycles. The molecule has 0 radical (unpaired) electrons. The van der Waals surface area contributed by atoms with Crippen LogP contribution in [0.5, 0.6) is 0 Å². The maximum absolute atomic E-state index is 6.32. The Morgan fingerprint density at radius 3 is 2.53 bits per heavy atom. The molecule has 19 heavy (non-hydrogen) atoms. The molecule has 0 bridgehead atoms. The van der Waals surface area contributed by atoms with E-state index in [1.165, 1.54) is 36.8 Å². The fraction of sp³-hybridized carbons (Fsp3) is 0.625. The lowest BCUT2D eigenvalue weighted by Crippen LogP contribution is -2.39. The van der Waals surface area contributed by atoms with Crippen molar-refractivity contribution in [1.29, 1.82) is 0 Å². The summed E-state index contributed by atoms with van der Waals surface area (Å²) in [4.78, 5) is 2.46. The lowest BCUT2D eigenvalue weighted by molar-refractivity contribution is 0.170. The van der Waals surface area contributed by atoms with Gasteiger partial charge in [0.25, 0.3) is 0 Å². The molecule has 3 heteroatoms. The highest BCUT2D eigenvalue weighted by atomic mass is 35.5. The molecular formula is C16H25ClN2. The summed E-state index contributed by atoms with van der Waals surface area (Å²) >= 11 is 6.32. The summed E-state index contributed by atoms with van der Waals surface area (Å²) in [6.07, 6.45) is 5.14. The normalized spacial score (nSPS) is 23.8. The van der Waals surface area contributed by atoms with Crippen molar-refractivity contribution >= 4 is 11.6 Å². The van der Waals surface area contributed by atoms with Crippen molar-refractivity contribution < 1.29 is 0 Å². The first-order valence-corrected chi connectivity index (χ1v) is 7.60. The number of nitrogens with zero attached hydrogens (tertiary/aromatic N) is 1. The van der Waals surface area contributed by atoms with Gasteiger partial charge in [-0.1, -0.05) is 23.7 Å². The first kappa shape index (κ1) is 14.8. The Bertz CT molecular complexity index is 411. The summed E-state index contributed by atoms with van der Waals surface area (Å²) in [5.41, 5.74) is 2.47. The Balaban J connectivity index is 1.92. The molecule has 0 heterocycles. The molecule has 1 fully saturated rings. The van der Waals surface area contributed by atoms with E-state index in [2.05, 4.69) is 49.4 Å². The standard InChI is InChI=1S/C16H25ClN2/c1-12-4-5-13(16(17)10-12)11-19(3)15-8-6-14(18-2)7-9-15/h4-5,10,14-15,18H,6-9,11H2,1-3H3. The molecule has 0 spiro atoms. The zero-order valence-electron chi connectivity index (χ0n) is 12.2. The number of aryl methyl sites for hydroxylation is 1. The average Bonchev–Trinajstić information content (AvgIpc) is 2.42. The van der Waals surface area contributed by atoms with Crippen LogP contribution in [-0.4, -0.2) is 31.1 Å². The van der Waals surface area contributed by atoms with Crippen molar-refractivity contribution in [3.63, 3.8) is 0 Å². The van der Waals surface area contributed by atoms with Crippen LogP contribution in [0.25, 0.3) is 0 Å². The van der Waals surface area contributed by atoms with E-state index in [1.807, 2.05) is 0 Å². The number of rotatable bonds is 4. The summed E-state index contributed by atoms with van der Waals surface area (Å²) in [7, 11) is 4.29. The predicted molar refractivity (Wildman–Crippen MR) is 82.8 cm³/mol. The summed E-state index contributed by atoms with van der Waals surface area (Å²) < 4.78 is 0. The lowest BCUT2D eigenvalue weighted by Gasteiger charge is -2.34. The minimum absolute atomic E-state index is 0.696. The van der Waals surface area contributed by atoms with E-state index in [9.17, 15) is 0 Å². The zero-order chi connectivity index (χ0) is 13.8. The molecule has 0 aliphatic heterocycles. The van der Waals surface area contributed by atoms with Gasteiger partial charge in [0.05, 0.1) is 0 Å². The van der Waals surface area contributed by atoms with E-state index in [-0.39, 0.29) is 0 Å². The van der Waals surface area contributed by atoms with Gasteiger partial charge in [-0.05, 0) is 63.9 Å². The number of halogens is 1. The first-order valence-electron chi connectivity index (χ1n) is 7.22. The summed E-state index contributed by atoms with van der Waals surface area (Å²) in [5.74, 6) is 0. The van der Waals surface area contributed by atoms with E-state index >= 15 is 0 Å². The fourth-order valence-electron chi connectivity index (χ4n) is 2.98. The van der Waals surface area contributed by atoms with Gasteiger partial charge in [0.15, 0.2) is 0 Å². The molecule has 1 aromatic carbocycles. The van der Waals surface area contributed by atoms with Gasteiger partial charge in [-0.2, -0.15) is 0 Å². The van der Waals surface area contributed by atoms with Crippen LogP contribution < -0.4 is 5.32 Å². The van der Waals surface area contributed by atoms with Crippen LogP contribution in [0, 0.1) is 6.92 Å². The predicted octanol–water partition coefficient (Wildman–Crippen LogP) is 3.61. The van der Waals surface area contributed by atoms with E-state index in [0.29, 0.717) is 12.1 Å². The molecule has 0 atom stereocenters. The third-order valence-corrected chi connectivity index (χ3v) is 4.71. The summed E-state index contributed by atoms with van der Waals surface area (Å²) in [6.45, 7) is 3.03. The highest BCUT2D eigenvalue weighted by Crippen LogP contribution is 2.25. The molecule has 2 nitrogen and oxygen atoms in total. The third-order valence-electron chi connectivity index (χ3n) is 4.36. The SMILES string of the molecule is CNC1CCC(N(C)Cc2ccc(C)cc2Cl)CC1. The number of benzene rings is 1. The molecule has 106 valence electrons. The van der Waals surface area contributed by atoms with Crippen molar-refractivity contribution in [2.24, 2.45) is 0 Å². The van der Waals surface area contributed by atoms with Crippen LogP contribution in [0.4, 0.5) is 0 Å². The first-order chi connectivity index (χ1) is 9.10. The van der Waals surface area contributed by atoms with Gasteiger partial charge in [0.1, 0.15) is 0 Å². The van der Waals surface area contributed by atoms with Gasteiger partial charge in [-0.25, -0.2) is 0 Å². The van der Waals surface area contributed by atoms with Crippen LogP contribution >= 0.6 is 11.6 Å². The molecule has 0 amide bonds. The Morgan fingerprint density at radius 2 is 1.95 bits per heavy atom. The van der Waals surface area contributed by atoms with Gasteiger partial charge in [-0.15, -0.1) is 0 Å². The average molecular weight is 281 g/mol. The second kappa shape index (κ2) is 6.74. The van der Waals surface area contributed by atoms with Crippen LogP contribution in [0.3, 0.4) is 0 Å². The number of hydrogen-bond donors (Lipinski definition) is 1. The van der Waals surface area contributed by atoms with Crippen molar-refractivity contribution in [3.8, 4) is 0 Å². The second-order valence-electron chi connectivity index (χ2n) is 5.80. The summed E-state index contributed by atoms with van der Waals surface area (Å²) in [5, 5.41) is 4.29. The smallest absolute Gasteiger partial charge is 0.0453 e. The highest BCUT2D eigenvalue weighted by Gasteiger charge is 2.23. The van der Waals surface area contributed by atoms with Crippen LogP contribution in [0.15, 0.2) is 18.2 Å². The molecule has 2 rings (SSSR count). The Morgan fingerprint density at radius 1 is 1.26 bits per heavy atom. The molecule has 0 aromatic heterocycles. The molecular weight excluding hydrogens is 256 g/mol. The monoisotopic (exact) mass is 280 g/mol. The quantitative estimate of drug-likeness (QED) is 0.906. The highest BCUT2D eigenvalue weighted by molar-refractivity contribution is 6.31. The van der Waals surface area contributed by atoms with E-state index < -0.39 is 0 Å². The molecule has 1 aliphatic rings. The Kier molecular flexibility index (Phi) is 5.26. The van der Waals surface area contributed by atoms with Crippen LogP contribution in [-0.2, 0) is 6.54 Å². The summed E-state index contributed by atoms with van der Waals surface area (Å²) in [6, 6.07) is 7.78. The van der Waals surface area contributed by atoms with Gasteiger partial charge >= 0.3 is 0 Å². The molecule has 0 unspecified atom stereocenters. The maximum Gasteiger partial charge on any atom is 0.0453 e. The van der Waals surface area contributed by atoms with Crippen LogP contribution in [0.1, 0.15) is 36.8 Å².